The molecule has 1 N–H and O–H groups in total. The highest BCUT2D eigenvalue weighted by molar-refractivity contribution is 5.78. The molecule has 0 fully saturated rings. The van der Waals surface area contributed by atoms with Crippen molar-refractivity contribution in [2.75, 3.05) is 26.2 Å². The maximum Gasteiger partial charge on any atom is 0.236 e. The second-order valence-corrected chi connectivity index (χ2v) is 4.86. The Balaban J connectivity index is 3.27. The third kappa shape index (κ3) is 9.46. The summed E-state index contributed by atoms with van der Waals surface area (Å²) in [5.41, 5.74) is 0. The van der Waals surface area contributed by atoms with Crippen LogP contribution in [0.15, 0.2) is 0 Å². The maximum atomic E-state index is 11.7. The van der Waals surface area contributed by atoms with Crippen LogP contribution in [0.25, 0.3) is 0 Å². The van der Waals surface area contributed by atoms with Crippen LogP contribution in [-0.2, 0) is 4.79 Å². The van der Waals surface area contributed by atoms with Crippen LogP contribution >= 0.6 is 0 Å². The Hall–Kier alpha value is -0.570. The van der Waals surface area contributed by atoms with Gasteiger partial charge >= 0.3 is 0 Å². The number of hydrogen-bond donors (Lipinski definition) is 1. The Kier molecular flexibility index (Phi) is 12.5. The van der Waals surface area contributed by atoms with E-state index >= 15 is 0 Å². The molecule has 18 heavy (non-hydrogen) atoms. The van der Waals surface area contributed by atoms with E-state index < -0.39 is 0 Å². The number of carbonyl (C=O) groups excluding carboxylic acids is 1. The lowest BCUT2D eigenvalue weighted by Crippen LogP contribution is -2.38. The Morgan fingerprint density at radius 3 is 2.00 bits per heavy atom. The van der Waals surface area contributed by atoms with Crippen molar-refractivity contribution in [2.24, 2.45) is 0 Å². The molecule has 0 heterocycles. The normalized spacial score (nSPS) is 10.6. The van der Waals surface area contributed by atoms with Gasteiger partial charge in [0.15, 0.2) is 0 Å². The van der Waals surface area contributed by atoms with Crippen molar-refractivity contribution in [3.8, 4) is 0 Å². The molecule has 3 heteroatoms. The topological polar surface area (TPSA) is 32.3 Å². The molecule has 0 unspecified atom stereocenters. The van der Waals surface area contributed by atoms with Gasteiger partial charge in [0.25, 0.3) is 0 Å². The van der Waals surface area contributed by atoms with Crippen LogP contribution in [0.3, 0.4) is 0 Å². The zero-order valence-corrected chi connectivity index (χ0v) is 12.6. The van der Waals surface area contributed by atoms with Crippen molar-refractivity contribution >= 4 is 5.91 Å². The molecule has 0 saturated heterocycles. The SMILES string of the molecule is CCCCCCCCCNCC(=O)N(CC)CC. The number of rotatable bonds is 12. The number of amides is 1. The maximum absolute atomic E-state index is 11.7. The van der Waals surface area contributed by atoms with Gasteiger partial charge in [-0.25, -0.2) is 0 Å². The highest BCUT2D eigenvalue weighted by Crippen LogP contribution is 2.06. The summed E-state index contributed by atoms with van der Waals surface area (Å²) in [7, 11) is 0. The van der Waals surface area contributed by atoms with Crippen molar-refractivity contribution in [3.63, 3.8) is 0 Å². The zero-order valence-electron chi connectivity index (χ0n) is 12.6. The van der Waals surface area contributed by atoms with Crippen LogP contribution in [0.1, 0.15) is 65.7 Å². The molecule has 1 amide bonds. The van der Waals surface area contributed by atoms with Crippen molar-refractivity contribution < 1.29 is 4.79 Å². The Bertz CT molecular complexity index is 191. The molecule has 0 rings (SSSR count). The van der Waals surface area contributed by atoms with Crippen LogP contribution in [-0.4, -0.2) is 37.0 Å². The van der Waals surface area contributed by atoms with Gasteiger partial charge in [0.05, 0.1) is 6.54 Å². The summed E-state index contributed by atoms with van der Waals surface area (Å²) in [6.45, 7) is 9.40. The zero-order chi connectivity index (χ0) is 13.6. The summed E-state index contributed by atoms with van der Waals surface area (Å²) in [6.07, 6.45) is 9.25. The highest BCUT2D eigenvalue weighted by atomic mass is 16.2. The van der Waals surface area contributed by atoms with Crippen molar-refractivity contribution in [2.45, 2.75) is 65.7 Å². The molecule has 0 aliphatic heterocycles. The van der Waals surface area contributed by atoms with Crippen molar-refractivity contribution in [1.29, 1.82) is 0 Å². The van der Waals surface area contributed by atoms with Gasteiger partial charge in [-0.3, -0.25) is 4.79 Å². The summed E-state index contributed by atoms with van der Waals surface area (Å²) in [5.74, 6) is 0.225. The van der Waals surface area contributed by atoms with E-state index in [2.05, 4.69) is 12.2 Å². The first kappa shape index (κ1) is 17.4. The van der Waals surface area contributed by atoms with Crippen LogP contribution in [0, 0.1) is 0 Å². The second-order valence-electron chi connectivity index (χ2n) is 4.86. The number of likely N-dealkylation sites (N-methyl/N-ethyl adjacent to an activating group) is 1. The predicted octanol–water partition coefficient (Wildman–Crippen LogP) is 3.20. The van der Waals surface area contributed by atoms with Gasteiger partial charge in [-0.15, -0.1) is 0 Å². The lowest BCUT2D eigenvalue weighted by atomic mass is 10.1. The third-order valence-corrected chi connectivity index (χ3v) is 3.35. The standard InChI is InChI=1S/C15H32N2O/c1-4-7-8-9-10-11-12-13-16-14-15(18)17(5-2)6-3/h16H,4-14H2,1-3H3. The van der Waals surface area contributed by atoms with Crippen LogP contribution in [0.4, 0.5) is 0 Å². The fraction of sp³-hybridized carbons (Fsp3) is 0.933. The Morgan fingerprint density at radius 2 is 1.44 bits per heavy atom. The molecular weight excluding hydrogens is 224 g/mol. The van der Waals surface area contributed by atoms with Gasteiger partial charge < -0.3 is 10.2 Å². The molecule has 0 aromatic carbocycles. The molecule has 0 spiro atoms. The summed E-state index contributed by atoms with van der Waals surface area (Å²) in [4.78, 5) is 13.5. The summed E-state index contributed by atoms with van der Waals surface area (Å²) >= 11 is 0. The largest absolute Gasteiger partial charge is 0.342 e. The molecule has 0 radical (unpaired) electrons. The van der Waals surface area contributed by atoms with E-state index in [0.717, 1.165) is 19.6 Å². The summed E-state index contributed by atoms with van der Waals surface area (Å²) in [5, 5.41) is 3.25. The molecule has 3 nitrogen and oxygen atoms in total. The fourth-order valence-electron chi connectivity index (χ4n) is 2.09. The summed E-state index contributed by atoms with van der Waals surface area (Å²) in [6, 6.07) is 0. The molecule has 0 saturated carbocycles. The summed E-state index contributed by atoms with van der Waals surface area (Å²) < 4.78 is 0. The third-order valence-electron chi connectivity index (χ3n) is 3.35. The van der Waals surface area contributed by atoms with Crippen LogP contribution in [0.2, 0.25) is 0 Å². The van der Waals surface area contributed by atoms with Gasteiger partial charge in [-0.05, 0) is 26.8 Å². The van der Waals surface area contributed by atoms with E-state index in [1.54, 1.807) is 0 Å². The molecular formula is C15H32N2O. The molecule has 0 atom stereocenters. The fourth-order valence-corrected chi connectivity index (χ4v) is 2.09. The van der Waals surface area contributed by atoms with E-state index in [9.17, 15) is 4.79 Å². The second kappa shape index (κ2) is 12.9. The van der Waals surface area contributed by atoms with Gasteiger partial charge in [-0.1, -0.05) is 45.4 Å². The highest BCUT2D eigenvalue weighted by Gasteiger charge is 2.07. The quantitative estimate of drug-likeness (QED) is 0.544. The Labute approximate surface area is 113 Å². The Morgan fingerprint density at radius 1 is 0.889 bits per heavy atom. The van der Waals surface area contributed by atoms with E-state index in [-0.39, 0.29) is 5.91 Å². The number of nitrogens with zero attached hydrogens (tertiary/aromatic N) is 1. The average Bonchev–Trinajstić information content (AvgIpc) is 2.38. The minimum absolute atomic E-state index is 0.225. The number of carbonyl (C=O) groups is 1. The molecule has 108 valence electrons. The lowest BCUT2D eigenvalue weighted by Gasteiger charge is -2.18. The van der Waals surface area contributed by atoms with E-state index in [1.165, 1.54) is 44.9 Å². The number of nitrogens with one attached hydrogen (secondary N) is 1. The van der Waals surface area contributed by atoms with Crippen LogP contribution in [0.5, 0.6) is 0 Å². The van der Waals surface area contributed by atoms with Gasteiger partial charge in [0.1, 0.15) is 0 Å². The first-order valence-corrected chi connectivity index (χ1v) is 7.74. The van der Waals surface area contributed by atoms with Gasteiger partial charge in [-0.2, -0.15) is 0 Å². The van der Waals surface area contributed by atoms with E-state index in [1.807, 2.05) is 18.7 Å². The first-order chi connectivity index (χ1) is 8.76. The molecule has 0 aliphatic rings. The molecule has 0 aromatic heterocycles. The van der Waals surface area contributed by atoms with Crippen molar-refractivity contribution in [3.05, 3.63) is 0 Å². The van der Waals surface area contributed by atoms with E-state index in [0.29, 0.717) is 6.54 Å². The van der Waals surface area contributed by atoms with Crippen LogP contribution < -0.4 is 5.32 Å². The van der Waals surface area contributed by atoms with Crippen molar-refractivity contribution in [1.82, 2.24) is 10.2 Å². The smallest absolute Gasteiger partial charge is 0.236 e. The minimum atomic E-state index is 0.225. The monoisotopic (exact) mass is 256 g/mol. The number of unbranched alkanes of at least 4 members (excludes halogenated alkanes) is 6. The number of hydrogen-bond acceptors (Lipinski definition) is 2. The molecule has 0 aromatic rings. The predicted molar refractivity (Wildman–Crippen MR) is 78.8 cm³/mol. The lowest BCUT2D eigenvalue weighted by molar-refractivity contribution is -0.129. The average molecular weight is 256 g/mol. The van der Waals surface area contributed by atoms with E-state index in [4.69, 9.17) is 0 Å². The van der Waals surface area contributed by atoms with Gasteiger partial charge in [0, 0.05) is 13.1 Å². The molecule has 0 bridgehead atoms. The first-order valence-electron chi connectivity index (χ1n) is 7.74. The minimum Gasteiger partial charge on any atom is -0.342 e. The van der Waals surface area contributed by atoms with Gasteiger partial charge in [0.2, 0.25) is 5.91 Å². The molecule has 0 aliphatic carbocycles.